The second-order valence-corrected chi connectivity index (χ2v) is 11.1. The van der Waals surface area contributed by atoms with Crippen molar-refractivity contribution in [2.75, 3.05) is 0 Å². The molecule has 1 aliphatic carbocycles. The van der Waals surface area contributed by atoms with E-state index in [0.29, 0.717) is 5.95 Å². The van der Waals surface area contributed by atoms with Gasteiger partial charge in [0.1, 0.15) is 0 Å². The number of aromatic nitrogens is 3. The monoisotopic (exact) mass is 513 g/mol. The van der Waals surface area contributed by atoms with Crippen LogP contribution in [0.4, 0.5) is 0 Å². The molecule has 40 heavy (non-hydrogen) atoms. The van der Waals surface area contributed by atoms with Gasteiger partial charge in [0.2, 0.25) is 5.95 Å². The first-order valence-electron chi connectivity index (χ1n) is 13.8. The van der Waals surface area contributed by atoms with E-state index in [1.54, 1.807) is 0 Å². The summed E-state index contributed by atoms with van der Waals surface area (Å²) < 4.78 is 2.25. The van der Waals surface area contributed by atoms with Crippen molar-refractivity contribution in [1.29, 1.82) is 0 Å². The summed E-state index contributed by atoms with van der Waals surface area (Å²) in [4.78, 5) is 10.4. The normalized spacial score (nSPS) is 13.4. The van der Waals surface area contributed by atoms with Crippen molar-refractivity contribution < 1.29 is 0 Å². The van der Waals surface area contributed by atoms with E-state index in [4.69, 9.17) is 9.97 Å². The van der Waals surface area contributed by atoms with E-state index >= 15 is 0 Å². The smallest absolute Gasteiger partial charge is 0.235 e. The van der Waals surface area contributed by atoms with Gasteiger partial charge in [-0.25, -0.2) is 9.97 Å². The summed E-state index contributed by atoms with van der Waals surface area (Å²) in [6.45, 7) is 4.67. The molecule has 0 aliphatic heterocycles. The van der Waals surface area contributed by atoms with Gasteiger partial charge in [-0.05, 0) is 40.5 Å². The molecule has 0 N–H and O–H groups in total. The predicted octanol–water partition coefficient (Wildman–Crippen LogP) is 9.21. The molecule has 0 atom stereocenters. The Bertz CT molecular complexity index is 2010. The van der Waals surface area contributed by atoms with Crippen LogP contribution < -0.4 is 0 Å². The standard InChI is InChI=1S/C37H27N3/c1-37(2)28-19-11-9-17-26(28)34-29(37)21-22-33-35(34)27-18-10-12-20-32(27)40(33)36-38-30(24-13-5-3-6-14-24)23-31(39-36)25-15-7-4-8-16-25/h3-23H,1-2H3. The molecule has 190 valence electrons. The van der Waals surface area contributed by atoms with Crippen molar-refractivity contribution in [1.82, 2.24) is 14.5 Å². The predicted molar refractivity (Wildman–Crippen MR) is 165 cm³/mol. The Kier molecular flexibility index (Phi) is 4.86. The molecule has 0 saturated carbocycles. The zero-order valence-corrected chi connectivity index (χ0v) is 22.5. The highest BCUT2D eigenvalue weighted by Gasteiger charge is 2.37. The van der Waals surface area contributed by atoms with Crippen molar-refractivity contribution in [3.8, 4) is 39.6 Å². The van der Waals surface area contributed by atoms with Crippen molar-refractivity contribution in [2.45, 2.75) is 19.3 Å². The number of rotatable bonds is 3. The van der Waals surface area contributed by atoms with E-state index in [1.165, 1.54) is 33.0 Å². The van der Waals surface area contributed by atoms with Gasteiger partial charge in [-0.2, -0.15) is 0 Å². The van der Waals surface area contributed by atoms with E-state index < -0.39 is 0 Å². The van der Waals surface area contributed by atoms with Crippen LogP contribution in [-0.4, -0.2) is 14.5 Å². The summed E-state index contributed by atoms with van der Waals surface area (Å²) in [7, 11) is 0. The molecule has 2 aromatic heterocycles. The molecule has 7 aromatic rings. The topological polar surface area (TPSA) is 30.7 Å². The van der Waals surface area contributed by atoms with Gasteiger partial charge in [-0.3, -0.25) is 4.57 Å². The van der Waals surface area contributed by atoms with Crippen molar-refractivity contribution >= 4 is 21.8 Å². The summed E-state index contributed by atoms with van der Waals surface area (Å²) in [5.41, 5.74) is 11.5. The molecule has 3 nitrogen and oxygen atoms in total. The van der Waals surface area contributed by atoms with Crippen LogP contribution in [0.3, 0.4) is 0 Å². The number of hydrogen-bond donors (Lipinski definition) is 0. The third kappa shape index (κ3) is 3.24. The Labute approximate surface area is 233 Å². The fourth-order valence-corrected chi connectivity index (χ4v) is 6.52. The lowest BCUT2D eigenvalue weighted by Crippen LogP contribution is -2.14. The van der Waals surface area contributed by atoms with Crippen LogP contribution in [-0.2, 0) is 5.41 Å². The quantitative estimate of drug-likeness (QED) is 0.236. The lowest BCUT2D eigenvalue weighted by molar-refractivity contribution is 0.661. The second kappa shape index (κ2) is 8.49. The van der Waals surface area contributed by atoms with Gasteiger partial charge in [0.05, 0.1) is 22.4 Å². The van der Waals surface area contributed by atoms with Gasteiger partial charge in [0, 0.05) is 27.3 Å². The first kappa shape index (κ1) is 22.9. The lowest BCUT2D eigenvalue weighted by atomic mass is 9.82. The maximum Gasteiger partial charge on any atom is 0.235 e. The molecule has 0 saturated heterocycles. The lowest BCUT2D eigenvalue weighted by Gasteiger charge is -2.21. The van der Waals surface area contributed by atoms with Crippen LogP contribution in [0.25, 0.3) is 61.4 Å². The molecule has 0 unspecified atom stereocenters. The molecule has 0 fully saturated rings. The summed E-state index contributed by atoms with van der Waals surface area (Å²) >= 11 is 0. The Balaban J connectivity index is 1.48. The maximum absolute atomic E-state index is 5.19. The molecule has 0 bridgehead atoms. The minimum Gasteiger partial charge on any atom is -0.278 e. The number of fused-ring (bicyclic) bond motifs is 7. The summed E-state index contributed by atoms with van der Waals surface area (Å²) in [6, 6.07) is 44.9. The van der Waals surface area contributed by atoms with Gasteiger partial charge in [-0.15, -0.1) is 0 Å². The second-order valence-electron chi connectivity index (χ2n) is 11.1. The zero-order valence-electron chi connectivity index (χ0n) is 22.5. The highest BCUT2D eigenvalue weighted by atomic mass is 15.2. The molecule has 5 aromatic carbocycles. The fraction of sp³-hybridized carbons (Fsp3) is 0.0811. The van der Waals surface area contributed by atoms with Crippen molar-refractivity contribution in [3.05, 3.63) is 139 Å². The number of benzene rings is 5. The van der Waals surface area contributed by atoms with Crippen LogP contribution in [0.15, 0.2) is 127 Å². The molecule has 2 heterocycles. The van der Waals surface area contributed by atoms with Gasteiger partial charge >= 0.3 is 0 Å². The summed E-state index contributed by atoms with van der Waals surface area (Å²) in [5.74, 6) is 0.678. The third-order valence-corrected chi connectivity index (χ3v) is 8.44. The first-order chi connectivity index (χ1) is 19.6. The third-order valence-electron chi connectivity index (χ3n) is 8.44. The zero-order chi connectivity index (χ0) is 26.8. The van der Waals surface area contributed by atoms with E-state index in [0.717, 1.165) is 33.5 Å². The molecule has 8 rings (SSSR count). The summed E-state index contributed by atoms with van der Waals surface area (Å²) in [5, 5.41) is 2.48. The van der Waals surface area contributed by atoms with E-state index in [1.807, 2.05) is 12.1 Å². The van der Waals surface area contributed by atoms with Crippen molar-refractivity contribution in [3.63, 3.8) is 0 Å². The number of nitrogens with zero attached hydrogens (tertiary/aromatic N) is 3. The molecule has 0 spiro atoms. The van der Waals surface area contributed by atoms with Gasteiger partial charge in [0.25, 0.3) is 0 Å². The number of hydrogen-bond acceptors (Lipinski definition) is 2. The Morgan fingerprint density at radius 3 is 1.85 bits per heavy atom. The largest absolute Gasteiger partial charge is 0.278 e. The van der Waals surface area contributed by atoms with E-state index in [-0.39, 0.29) is 5.41 Å². The van der Waals surface area contributed by atoms with Crippen LogP contribution in [0, 0.1) is 0 Å². The Morgan fingerprint density at radius 1 is 0.550 bits per heavy atom. The van der Waals surface area contributed by atoms with Gasteiger partial charge in [0.15, 0.2) is 0 Å². The highest BCUT2D eigenvalue weighted by molar-refractivity contribution is 6.17. The molecular formula is C37H27N3. The first-order valence-corrected chi connectivity index (χ1v) is 13.8. The molecule has 1 aliphatic rings. The van der Waals surface area contributed by atoms with E-state index in [9.17, 15) is 0 Å². The minimum absolute atomic E-state index is 0.0620. The van der Waals surface area contributed by atoms with Crippen molar-refractivity contribution in [2.24, 2.45) is 0 Å². The molecular weight excluding hydrogens is 486 g/mol. The van der Waals surface area contributed by atoms with E-state index in [2.05, 4.69) is 134 Å². The Hall–Kier alpha value is -5.02. The fourth-order valence-electron chi connectivity index (χ4n) is 6.52. The van der Waals surface area contributed by atoms with Crippen LogP contribution in [0.1, 0.15) is 25.0 Å². The molecule has 0 amide bonds. The van der Waals surface area contributed by atoms with Crippen LogP contribution in [0.2, 0.25) is 0 Å². The highest BCUT2D eigenvalue weighted by Crippen LogP contribution is 2.53. The number of para-hydroxylation sites is 1. The van der Waals surface area contributed by atoms with Crippen LogP contribution >= 0.6 is 0 Å². The van der Waals surface area contributed by atoms with Crippen LogP contribution in [0.5, 0.6) is 0 Å². The average Bonchev–Trinajstić information content (AvgIpc) is 3.47. The van der Waals surface area contributed by atoms with Gasteiger partial charge < -0.3 is 0 Å². The summed E-state index contributed by atoms with van der Waals surface area (Å²) in [6.07, 6.45) is 0. The maximum atomic E-state index is 5.19. The minimum atomic E-state index is -0.0620. The molecule has 3 heteroatoms. The SMILES string of the molecule is CC1(C)c2ccccc2-c2c1ccc1c2c2ccccc2n1-c1nc(-c2ccccc2)cc(-c2ccccc2)n1. The van der Waals surface area contributed by atoms with Gasteiger partial charge in [-0.1, -0.05) is 123 Å². The Morgan fingerprint density at radius 2 is 1.15 bits per heavy atom. The average molecular weight is 514 g/mol. The molecule has 0 radical (unpaired) electrons.